The number of nitrogens with one attached hydrogen (secondary N) is 1. The molecule has 0 spiro atoms. The van der Waals surface area contributed by atoms with Gasteiger partial charge in [0.15, 0.2) is 0 Å². The summed E-state index contributed by atoms with van der Waals surface area (Å²) in [6.45, 7) is 11.6. The number of benzene rings is 1. The molecule has 0 bridgehead atoms. The Labute approximate surface area is 128 Å². The van der Waals surface area contributed by atoms with Crippen molar-refractivity contribution in [2.45, 2.75) is 52.6 Å². The van der Waals surface area contributed by atoms with Crippen LogP contribution in [0.15, 0.2) is 36.5 Å². The Morgan fingerprint density at radius 1 is 1.10 bits per heavy atom. The molecular weight excluding hydrogens is 258 g/mol. The van der Waals surface area contributed by atoms with E-state index in [9.17, 15) is 0 Å². The van der Waals surface area contributed by atoms with Gasteiger partial charge in [-0.1, -0.05) is 52.0 Å². The van der Waals surface area contributed by atoms with Crippen LogP contribution in [0.3, 0.4) is 0 Å². The molecule has 1 aromatic carbocycles. The van der Waals surface area contributed by atoms with Gasteiger partial charge >= 0.3 is 0 Å². The first kappa shape index (κ1) is 15.8. The van der Waals surface area contributed by atoms with Crippen molar-refractivity contribution in [2.75, 3.05) is 6.54 Å². The average molecular weight is 285 g/mol. The van der Waals surface area contributed by atoms with Crippen LogP contribution in [0, 0.1) is 0 Å². The lowest BCUT2D eigenvalue weighted by molar-refractivity contribution is 0.589. The highest BCUT2D eigenvalue weighted by atomic mass is 15.3. The smallest absolute Gasteiger partial charge is 0.0762 e. The fraction of sp³-hybridized carbons (Fsp3) is 0.500. The van der Waals surface area contributed by atoms with E-state index in [2.05, 4.69) is 74.6 Å². The van der Waals surface area contributed by atoms with Gasteiger partial charge in [-0.05, 0) is 35.6 Å². The largest absolute Gasteiger partial charge is 0.311 e. The molecule has 2 aromatic rings. The summed E-state index contributed by atoms with van der Waals surface area (Å²) in [5.41, 5.74) is 3.98. The first-order valence-electron chi connectivity index (χ1n) is 7.81. The normalized spacial score (nSPS) is 11.8. The van der Waals surface area contributed by atoms with E-state index in [0.29, 0.717) is 0 Å². The summed E-state index contributed by atoms with van der Waals surface area (Å²) in [6.07, 6.45) is 3.21. The first-order valence-corrected chi connectivity index (χ1v) is 7.81. The van der Waals surface area contributed by atoms with Gasteiger partial charge in [0, 0.05) is 12.7 Å². The van der Waals surface area contributed by atoms with Crippen LogP contribution in [-0.2, 0) is 18.5 Å². The van der Waals surface area contributed by atoms with E-state index in [1.54, 1.807) is 0 Å². The molecule has 0 aliphatic rings. The van der Waals surface area contributed by atoms with Gasteiger partial charge in [0.1, 0.15) is 0 Å². The third-order valence-electron chi connectivity index (χ3n) is 3.59. The second-order valence-electron chi connectivity index (χ2n) is 6.63. The Balaban J connectivity index is 1.95. The maximum atomic E-state index is 4.60. The molecule has 114 valence electrons. The number of nitrogens with zero attached hydrogens (tertiary/aromatic N) is 2. The fourth-order valence-corrected chi connectivity index (χ4v) is 2.28. The van der Waals surface area contributed by atoms with E-state index in [0.717, 1.165) is 31.7 Å². The Morgan fingerprint density at radius 2 is 1.81 bits per heavy atom. The van der Waals surface area contributed by atoms with Crippen molar-refractivity contribution in [2.24, 2.45) is 0 Å². The van der Waals surface area contributed by atoms with Crippen LogP contribution in [0.5, 0.6) is 0 Å². The number of rotatable bonds is 6. The molecule has 3 nitrogen and oxygen atoms in total. The first-order chi connectivity index (χ1) is 9.99. The van der Waals surface area contributed by atoms with E-state index < -0.39 is 0 Å². The maximum absolute atomic E-state index is 4.60. The number of hydrogen-bond donors (Lipinski definition) is 1. The summed E-state index contributed by atoms with van der Waals surface area (Å²) < 4.78 is 2.01. The summed E-state index contributed by atoms with van der Waals surface area (Å²) in [4.78, 5) is 0. The second kappa shape index (κ2) is 6.90. The lowest BCUT2D eigenvalue weighted by Gasteiger charge is -2.19. The lowest BCUT2D eigenvalue weighted by Crippen LogP contribution is -2.14. The van der Waals surface area contributed by atoms with Gasteiger partial charge in [0.25, 0.3) is 0 Å². The molecule has 0 aliphatic heterocycles. The Bertz CT molecular complexity index is 547. The Hall–Kier alpha value is -1.61. The monoisotopic (exact) mass is 285 g/mol. The molecule has 3 heteroatoms. The molecule has 21 heavy (non-hydrogen) atoms. The van der Waals surface area contributed by atoms with E-state index in [1.165, 1.54) is 11.1 Å². The van der Waals surface area contributed by atoms with Crippen molar-refractivity contribution in [3.8, 4) is 0 Å². The van der Waals surface area contributed by atoms with Crippen LogP contribution in [0.25, 0.3) is 0 Å². The molecule has 0 amide bonds. The zero-order valence-corrected chi connectivity index (χ0v) is 13.7. The molecule has 0 atom stereocenters. The molecule has 0 radical (unpaired) electrons. The van der Waals surface area contributed by atoms with E-state index in [1.807, 2.05) is 4.68 Å². The molecule has 2 rings (SSSR count). The second-order valence-corrected chi connectivity index (χ2v) is 6.63. The molecule has 0 unspecified atom stereocenters. The van der Waals surface area contributed by atoms with Crippen LogP contribution in [-0.4, -0.2) is 16.3 Å². The fourth-order valence-electron chi connectivity index (χ4n) is 2.28. The molecular formula is C18H27N3. The highest BCUT2D eigenvalue weighted by Gasteiger charge is 2.12. The highest BCUT2D eigenvalue weighted by molar-refractivity contribution is 5.27. The standard InChI is InChI=1S/C18H27N3/c1-5-11-19-13-17-10-12-21(20-17)14-15-6-8-16(9-7-15)18(2,3)4/h6-10,12,19H,5,11,13-14H2,1-4H3. The van der Waals surface area contributed by atoms with Gasteiger partial charge in [-0.15, -0.1) is 0 Å². The van der Waals surface area contributed by atoms with Gasteiger partial charge in [0.2, 0.25) is 0 Å². The molecule has 0 fully saturated rings. The molecule has 0 saturated heterocycles. The van der Waals surface area contributed by atoms with Crippen molar-refractivity contribution < 1.29 is 0 Å². The summed E-state index contributed by atoms with van der Waals surface area (Å²) in [7, 11) is 0. The third-order valence-corrected chi connectivity index (χ3v) is 3.59. The van der Waals surface area contributed by atoms with Crippen molar-refractivity contribution >= 4 is 0 Å². The Kier molecular flexibility index (Phi) is 5.18. The molecule has 0 aliphatic carbocycles. The minimum absolute atomic E-state index is 0.211. The van der Waals surface area contributed by atoms with Gasteiger partial charge in [0.05, 0.1) is 12.2 Å². The predicted molar refractivity (Wildman–Crippen MR) is 88.5 cm³/mol. The number of aromatic nitrogens is 2. The minimum Gasteiger partial charge on any atom is -0.311 e. The van der Waals surface area contributed by atoms with Gasteiger partial charge in [-0.25, -0.2) is 0 Å². The molecule has 0 saturated carbocycles. The quantitative estimate of drug-likeness (QED) is 0.820. The van der Waals surface area contributed by atoms with Crippen molar-refractivity contribution in [3.63, 3.8) is 0 Å². The predicted octanol–water partition coefficient (Wildman–Crippen LogP) is 3.73. The minimum atomic E-state index is 0.211. The van der Waals surface area contributed by atoms with Crippen molar-refractivity contribution in [1.82, 2.24) is 15.1 Å². The lowest BCUT2D eigenvalue weighted by atomic mass is 9.87. The maximum Gasteiger partial charge on any atom is 0.0762 e. The summed E-state index contributed by atoms with van der Waals surface area (Å²) in [5.74, 6) is 0. The van der Waals surface area contributed by atoms with Crippen molar-refractivity contribution in [1.29, 1.82) is 0 Å². The Morgan fingerprint density at radius 3 is 2.43 bits per heavy atom. The van der Waals surface area contributed by atoms with Crippen molar-refractivity contribution in [3.05, 3.63) is 53.3 Å². The van der Waals surface area contributed by atoms with E-state index in [4.69, 9.17) is 0 Å². The molecule has 1 heterocycles. The summed E-state index contributed by atoms with van der Waals surface area (Å²) in [5, 5.41) is 7.98. The summed E-state index contributed by atoms with van der Waals surface area (Å²) >= 11 is 0. The van der Waals surface area contributed by atoms with Gasteiger partial charge in [-0.3, -0.25) is 4.68 Å². The van der Waals surface area contributed by atoms with Gasteiger partial charge in [-0.2, -0.15) is 5.10 Å². The van der Waals surface area contributed by atoms with Crippen LogP contribution < -0.4 is 5.32 Å². The topological polar surface area (TPSA) is 29.9 Å². The summed E-state index contributed by atoms with van der Waals surface area (Å²) in [6, 6.07) is 11.0. The molecule has 1 N–H and O–H groups in total. The molecule has 1 aromatic heterocycles. The highest BCUT2D eigenvalue weighted by Crippen LogP contribution is 2.22. The average Bonchev–Trinajstić information content (AvgIpc) is 2.86. The SMILES string of the molecule is CCCNCc1ccn(Cc2ccc(C(C)(C)C)cc2)n1. The van der Waals surface area contributed by atoms with Crippen LogP contribution in [0.2, 0.25) is 0 Å². The zero-order chi connectivity index (χ0) is 15.3. The zero-order valence-electron chi connectivity index (χ0n) is 13.7. The third kappa shape index (κ3) is 4.71. The van der Waals surface area contributed by atoms with Crippen LogP contribution in [0.4, 0.5) is 0 Å². The van der Waals surface area contributed by atoms with E-state index in [-0.39, 0.29) is 5.41 Å². The van der Waals surface area contributed by atoms with Crippen LogP contribution >= 0.6 is 0 Å². The van der Waals surface area contributed by atoms with Crippen LogP contribution in [0.1, 0.15) is 50.9 Å². The van der Waals surface area contributed by atoms with Gasteiger partial charge < -0.3 is 5.32 Å². The number of hydrogen-bond acceptors (Lipinski definition) is 2. The van der Waals surface area contributed by atoms with E-state index >= 15 is 0 Å².